The molecule has 5 N–H and O–H groups in total. The summed E-state index contributed by atoms with van der Waals surface area (Å²) in [6, 6.07) is 11.8. The highest BCUT2D eigenvalue weighted by atomic mass is 32.2. The van der Waals surface area contributed by atoms with Gasteiger partial charge in [-0.25, -0.2) is 18.8 Å². The molecular formula is C55H75F4N5O19S. The standard InChI is InChI=1S/C55H75F4N5O19S/c1-4-14-64(82-5-2)55(68)43-35-42-11-10-41(36-44(42)63-45(60)37-43)39-6-8-40(9-7-39)54(67)62-38(3)53(66)61-13-16-73-18-20-75-22-24-77-26-28-79-30-32-81-34-33-80-31-29-78-27-25-76-23-21-74-19-17-72-15-12-46(65)83-51-47(56)49(58)52(84(69,70)71)50(59)48(51)57/h6-11,35-36,38H,4-5,12-34,37H2,1-3H3,(H2,60,63)(H,61,66)(H,62,67)(H,69,70,71)/t38-/m0/s1. The second kappa shape index (κ2) is 39.5. The first-order valence-corrected chi connectivity index (χ1v) is 28.5. The number of ether oxygens (including phenoxy) is 11. The van der Waals surface area contributed by atoms with Crippen LogP contribution in [0.1, 0.15) is 56.0 Å². The van der Waals surface area contributed by atoms with Crippen molar-refractivity contribution in [3.8, 4) is 16.9 Å². The highest BCUT2D eigenvalue weighted by molar-refractivity contribution is 7.85. The molecule has 1 heterocycles. The molecule has 3 amide bonds. The van der Waals surface area contributed by atoms with Crippen molar-refractivity contribution < 1.29 is 107 Å². The van der Waals surface area contributed by atoms with Crippen LogP contribution in [0.4, 0.5) is 23.2 Å². The molecule has 0 saturated carbocycles. The summed E-state index contributed by atoms with van der Waals surface area (Å²) < 4.78 is 145. The van der Waals surface area contributed by atoms with E-state index < -0.39 is 68.4 Å². The van der Waals surface area contributed by atoms with Crippen LogP contribution in [0.15, 0.2) is 57.9 Å². The summed E-state index contributed by atoms with van der Waals surface area (Å²) in [7, 11) is -5.65. The van der Waals surface area contributed by atoms with Crippen molar-refractivity contribution in [1.82, 2.24) is 15.7 Å². The molecule has 468 valence electrons. The zero-order valence-corrected chi connectivity index (χ0v) is 48.1. The Balaban J connectivity index is 0.872. The molecule has 0 radical (unpaired) electrons. The smallest absolute Gasteiger partial charge is 0.313 e. The Morgan fingerprint density at radius 3 is 1.56 bits per heavy atom. The van der Waals surface area contributed by atoms with Gasteiger partial charge in [0.25, 0.3) is 11.8 Å². The quantitative estimate of drug-likeness (QED) is 0.0115. The average molecular weight is 1220 g/mol. The number of nitrogens with two attached hydrogens (primary N) is 1. The van der Waals surface area contributed by atoms with Crippen molar-refractivity contribution >= 4 is 51.4 Å². The lowest BCUT2D eigenvalue weighted by Gasteiger charge is -2.21. The van der Waals surface area contributed by atoms with Gasteiger partial charge in [-0.3, -0.25) is 28.6 Å². The number of hydroxylamine groups is 2. The fourth-order valence-corrected chi connectivity index (χ4v) is 7.95. The third-order valence-corrected chi connectivity index (χ3v) is 12.3. The summed E-state index contributed by atoms with van der Waals surface area (Å²) in [6.45, 7) is 12.1. The first-order valence-electron chi connectivity index (χ1n) is 27.1. The number of aliphatic imine (C=N–C) groups is 1. The van der Waals surface area contributed by atoms with Crippen molar-refractivity contribution in [3.05, 3.63) is 82.4 Å². The fraction of sp³-hybridized carbons (Fsp3) is 0.545. The molecule has 3 aromatic carbocycles. The molecule has 29 heteroatoms. The summed E-state index contributed by atoms with van der Waals surface area (Å²) in [5, 5.41) is 6.84. The van der Waals surface area contributed by atoms with Gasteiger partial charge in [0.2, 0.25) is 23.3 Å². The van der Waals surface area contributed by atoms with Crippen molar-refractivity contribution in [2.24, 2.45) is 10.7 Å². The van der Waals surface area contributed by atoms with Gasteiger partial charge in [0.15, 0.2) is 16.5 Å². The number of fused-ring (bicyclic) bond motifs is 1. The number of hydrogen-bond acceptors (Lipinski definition) is 20. The maximum absolute atomic E-state index is 14.0. The lowest BCUT2D eigenvalue weighted by atomic mass is 10.00. The van der Waals surface area contributed by atoms with Gasteiger partial charge in [0.1, 0.15) is 11.9 Å². The molecule has 0 unspecified atom stereocenters. The van der Waals surface area contributed by atoms with Gasteiger partial charge in [0, 0.05) is 36.2 Å². The largest absolute Gasteiger partial charge is 0.420 e. The number of nitrogens with one attached hydrogen (secondary N) is 2. The molecule has 0 spiro atoms. The van der Waals surface area contributed by atoms with E-state index in [1.54, 1.807) is 25.1 Å². The van der Waals surface area contributed by atoms with Crippen LogP contribution in [-0.2, 0) is 76.7 Å². The van der Waals surface area contributed by atoms with Gasteiger partial charge >= 0.3 is 16.1 Å². The summed E-state index contributed by atoms with van der Waals surface area (Å²) in [6.07, 6.45) is 2.14. The molecular weight excluding hydrogens is 1140 g/mol. The topological polar surface area (TPSA) is 299 Å². The van der Waals surface area contributed by atoms with Crippen LogP contribution < -0.4 is 21.1 Å². The minimum atomic E-state index is -5.65. The lowest BCUT2D eigenvalue weighted by molar-refractivity contribution is -0.180. The van der Waals surface area contributed by atoms with E-state index in [1.807, 2.05) is 44.2 Å². The zero-order valence-electron chi connectivity index (χ0n) is 47.3. The highest BCUT2D eigenvalue weighted by Crippen LogP contribution is 2.34. The molecule has 84 heavy (non-hydrogen) atoms. The Kier molecular flexibility index (Phi) is 33.1. The molecule has 1 aliphatic heterocycles. The number of amides is 3. The molecule has 0 bridgehead atoms. The van der Waals surface area contributed by atoms with E-state index in [0.717, 1.165) is 23.1 Å². The molecule has 4 rings (SSSR count). The molecule has 0 fully saturated rings. The van der Waals surface area contributed by atoms with E-state index in [9.17, 15) is 45.2 Å². The zero-order chi connectivity index (χ0) is 61.1. The van der Waals surface area contributed by atoms with E-state index in [4.69, 9.17) is 62.5 Å². The van der Waals surface area contributed by atoms with E-state index in [0.29, 0.717) is 128 Å². The third kappa shape index (κ3) is 25.7. The number of carbonyl (C=O) groups is 4. The molecule has 1 atom stereocenters. The first-order chi connectivity index (χ1) is 40.5. The van der Waals surface area contributed by atoms with Gasteiger partial charge in [-0.1, -0.05) is 31.2 Å². The second-order valence-electron chi connectivity index (χ2n) is 17.8. The van der Waals surface area contributed by atoms with E-state index in [1.165, 1.54) is 5.06 Å². The molecule has 1 aliphatic rings. The van der Waals surface area contributed by atoms with Crippen molar-refractivity contribution in [2.75, 3.05) is 152 Å². The Hall–Kier alpha value is -6.06. The third-order valence-electron chi connectivity index (χ3n) is 11.4. The number of halogens is 4. The van der Waals surface area contributed by atoms with E-state index in [2.05, 4.69) is 20.4 Å². The maximum atomic E-state index is 14.0. The van der Waals surface area contributed by atoms with Gasteiger partial charge in [-0.15, -0.1) is 0 Å². The number of hydrogen-bond donors (Lipinski definition) is 4. The summed E-state index contributed by atoms with van der Waals surface area (Å²) in [5.41, 5.74) is 10.1. The van der Waals surface area contributed by atoms with E-state index in [-0.39, 0.29) is 64.4 Å². The van der Waals surface area contributed by atoms with Crippen LogP contribution in [0.5, 0.6) is 5.75 Å². The molecule has 3 aromatic rings. The maximum Gasteiger partial charge on any atom is 0.313 e. The summed E-state index contributed by atoms with van der Waals surface area (Å²) in [4.78, 5) is 58.6. The lowest BCUT2D eigenvalue weighted by Crippen LogP contribution is -2.45. The highest BCUT2D eigenvalue weighted by Gasteiger charge is 2.34. The van der Waals surface area contributed by atoms with Crippen LogP contribution in [-0.4, -0.2) is 205 Å². The number of benzene rings is 3. The van der Waals surface area contributed by atoms with Crippen LogP contribution >= 0.6 is 0 Å². The Labute approximate surface area is 485 Å². The van der Waals surface area contributed by atoms with Gasteiger partial charge < -0.3 is 68.5 Å². The average Bonchev–Trinajstić information content (AvgIpc) is 3.78. The molecule has 0 aliphatic carbocycles. The molecule has 0 aromatic heterocycles. The number of nitrogens with zero attached hydrogens (tertiary/aromatic N) is 2. The van der Waals surface area contributed by atoms with Crippen LogP contribution in [0.3, 0.4) is 0 Å². The van der Waals surface area contributed by atoms with E-state index >= 15 is 0 Å². The predicted octanol–water partition coefficient (Wildman–Crippen LogP) is 4.52. The molecule has 24 nitrogen and oxygen atoms in total. The second-order valence-corrected chi connectivity index (χ2v) is 19.2. The monoisotopic (exact) mass is 1220 g/mol. The normalized spacial score (nSPS) is 12.7. The van der Waals surface area contributed by atoms with Crippen molar-refractivity contribution in [1.29, 1.82) is 0 Å². The van der Waals surface area contributed by atoms with Gasteiger partial charge in [-0.2, -0.15) is 17.2 Å². The van der Waals surface area contributed by atoms with Gasteiger partial charge in [0.05, 0.1) is 151 Å². The Morgan fingerprint density at radius 2 is 1.11 bits per heavy atom. The Morgan fingerprint density at radius 1 is 0.655 bits per heavy atom. The Bertz CT molecular complexity index is 2670. The van der Waals surface area contributed by atoms with Crippen LogP contribution in [0.25, 0.3) is 17.2 Å². The fourth-order valence-electron chi connectivity index (χ4n) is 7.32. The predicted molar refractivity (Wildman–Crippen MR) is 294 cm³/mol. The number of rotatable bonds is 44. The summed E-state index contributed by atoms with van der Waals surface area (Å²) in [5.74, 6) is -13.4. The molecule has 0 saturated heterocycles. The minimum Gasteiger partial charge on any atom is -0.420 e. The number of esters is 1. The van der Waals surface area contributed by atoms with Crippen LogP contribution in [0.2, 0.25) is 0 Å². The van der Waals surface area contributed by atoms with Crippen LogP contribution in [0, 0.1) is 23.3 Å². The SMILES string of the molecule is CCCN(OCC)C(=O)C1=Cc2ccc(-c3ccc(C(=O)N[C@@H](C)C(=O)NCCOCCOCCOCCOCCOCCOCCOCCOCCOCCOCCC(=O)Oc4c(F)c(F)c(S(=O)(=O)O)c(F)c4F)cc3)cc2N=C(N)C1. The first kappa shape index (κ1) is 70.4. The van der Waals surface area contributed by atoms with Crippen molar-refractivity contribution in [3.63, 3.8) is 0 Å². The number of carbonyl (C=O) groups excluding carboxylic acids is 4. The van der Waals surface area contributed by atoms with Crippen molar-refractivity contribution in [2.45, 2.75) is 51.0 Å². The number of amidine groups is 1. The van der Waals surface area contributed by atoms with Gasteiger partial charge in [-0.05, 0) is 55.7 Å². The minimum absolute atomic E-state index is 0.0128. The summed E-state index contributed by atoms with van der Waals surface area (Å²) >= 11 is 0.